The first kappa shape index (κ1) is 19.4. The number of hydrogen-bond acceptors (Lipinski definition) is 2. The summed E-state index contributed by atoms with van der Waals surface area (Å²) in [4.78, 5) is 17.0. The Morgan fingerprint density at radius 2 is 1.86 bits per heavy atom. The van der Waals surface area contributed by atoms with Crippen LogP contribution in [-0.4, -0.2) is 48.9 Å². The molecule has 3 nitrogen and oxygen atoms in total. The van der Waals surface area contributed by atoms with Crippen molar-refractivity contribution in [2.24, 2.45) is 5.41 Å². The monoisotopic (exact) mass is 400 g/mol. The number of likely N-dealkylation sites (tertiary alicyclic amines) is 2. The van der Waals surface area contributed by atoms with Crippen molar-refractivity contribution in [3.05, 3.63) is 70.5 Å². The van der Waals surface area contributed by atoms with E-state index in [4.69, 9.17) is 11.6 Å². The molecule has 1 spiro atoms. The Balaban J connectivity index is 1.45. The lowest BCUT2D eigenvalue weighted by molar-refractivity contribution is 0.0222. The third-order valence-corrected chi connectivity index (χ3v) is 6.60. The second-order valence-electron chi connectivity index (χ2n) is 8.42. The molecule has 0 aliphatic carbocycles. The van der Waals surface area contributed by atoms with Gasteiger partial charge in [-0.15, -0.1) is 0 Å². The minimum atomic E-state index is -0.542. The van der Waals surface area contributed by atoms with Crippen molar-refractivity contribution in [3.63, 3.8) is 0 Å². The number of halogens is 2. The lowest BCUT2D eigenvalue weighted by atomic mass is 9.68. The second kappa shape index (κ2) is 7.84. The molecule has 0 N–H and O–H groups in total. The zero-order chi connectivity index (χ0) is 19.7. The first-order valence-corrected chi connectivity index (χ1v) is 10.3. The van der Waals surface area contributed by atoms with Crippen molar-refractivity contribution in [2.75, 3.05) is 33.2 Å². The summed E-state index contributed by atoms with van der Waals surface area (Å²) in [5.74, 6) is -0.247. The van der Waals surface area contributed by atoms with Gasteiger partial charge in [-0.05, 0) is 61.4 Å². The third kappa shape index (κ3) is 3.94. The first-order chi connectivity index (χ1) is 13.5. The fourth-order valence-corrected chi connectivity index (χ4v) is 5.15. The minimum absolute atomic E-state index is 0.114. The molecule has 148 valence electrons. The van der Waals surface area contributed by atoms with E-state index in [1.54, 1.807) is 11.0 Å². The first-order valence-electron chi connectivity index (χ1n) is 9.94. The van der Waals surface area contributed by atoms with Gasteiger partial charge in [0.15, 0.2) is 0 Å². The molecule has 2 heterocycles. The average molecular weight is 401 g/mol. The minimum Gasteiger partial charge on any atom is -0.339 e. The van der Waals surface area contributed by atoms with Crippen LogP contribution in [0.3, 0.4) is 0 Å². The number of hydrogen-bond donors (Lipinski definition) is 0. The molecule has 0 bridgehead atoms. The van der Waals surface area contributed by atoms with Crippen LogP contribution in [0.1, 0.15) is 41.1 Å². The Kier molecular flexibility index (Phi) is 5.44. The van der Waals surface area contributed by atoms with Crippen LogP contribution >= 0.6 is 11.6 Å². The average Bonchev–Trinajstić information content (AvgIpc) is 2.68. The Bertz CT molecular complexity index is 849. The summed E-state index contributed by atoms with van der Waals surface area (Å²) >= 11 is 5.81. The summed E-state index contributed by atoms with van der Waals surface area (Å²) in [5.41, 5.74) is 1.74. The van der Waals surface area contributed by atoms with Gasteiger partial charge in [-0.1, -0.05) is 41.9 Å². The second-order valence-corrected chi connectivity index (χ2v) is 8.86. The van der Waals surface area contributed by atoms with E-state index in [0.717, 1.165) is 32.4 Å². The highest BCUT2D eigenvalue weighted by Gasteiger charge is 2.42. The summed E-state index contributed by atoms with van der Waals surface area (Å²) in [7, 11) is 2.19. The van der Waals surface area contributed by atoms with Gasteiger partial charge in [0.2, 0.25) is 0 Å². The zero-order valence-corrected chi connectivity index (χ0v) is 17.0. The Hall–Kier alpha value is -1.91. The molecule has 28 heavy (non-hydrogen) atoms. The van der Waals surface area contributed by atoms with Crippen LogP contribution in [0.4, 0.5) is 4.39 Å². The fraction of sp³-hybridized carbons (Fsp3) is 0.435. The number of piperidine rings is 2. The molecule has 2 aromatic carbocycles. The van der Waals surface area contributed by atoms with Crippen molar-refractivity contribution >= 4 is 17.5 Å². The van der Waals surface area contributed by atoms with E-state index in [9.17, 15) is 9.18 Å². The number of nitrogens with zero attached hydrogens (tertiary/aromatic N) is 2. The van der Waals surface area contributed by atoms with Crippen LogP contribution in [0.15, 0.2) is 48.5 Å². The molecular formula is C23H26ClFN2O. The summed E-state index contributed by atoms with van der Waals surface area (Å²) < 4.78 is 14.2. The molecule has 1 amide bonds. The standard InChI is InChI=1S/C23H26ClFN2O/c1-26-15-18(17-5-3-2-4-6-17)14-23(16-26)9-11-27(12-10-23)22(28)20-8-7-19(24)13-21(20)25/h2-8,13,18H,9-12,14-16H2,1H3/t18-/m1/s1. The summed E-state index contributed by atoms with van der Waals surface area (Å²) in [6.07, 6.45) is 3.07. The molecule has 2 saturated heterocycles. The van der Waals surface area contributed by atoms with Crippen LogP contribution in [0, 0.1) is 11.2 Å². The van der Waals surface area contributed by atoms with E-state index < -0.39 is 5.82 Å². The maximum atomic E-state index is 14.2. The van der Waals surface area contributed by atoms with E-state index in [2.05, 4.69) is 42.3 Å². The molecule has 2 fully saturated rings. The molecule has 2 aliphatic heterocycles. The normalized spacial score (nSPS) is 22.4. The van der Waals surface area contributed by atoms with Crippen molar-refractivity contribution in [3.8, 4) is 0 Å². The maximum absolute atomic E-state index is 14.2. The zero-order valence-electron chi connectivity index (χ0n) is 16.2. The van der Waals surface area contributed by atoms with Crippen LogP contribution in [0.5, 0.6) is 0 Å². The Morgan fingerprint density at radius 1 is 1.14 bits per heavy atom. The highest BCUT2D eigenvalue weighted by Crippen LogP contribution is 2.44. The number of carbonyl (C=O) groups excluding carboxylic acids is 1. The molecule has 0 saturated carbocycles. The molecule has 0 aromatic heterocycles. The van der Waals surface area contributed by atoms with Crippen molar-refractivity contribution in [1.29, 1.82) is 0 Å². The summed E-state index contributed by atoms with van der Waals surface area (Å²) in [6.45, 7) is 3.49. The molecule has 0 radical (unpaired) electrons. The van der Waals surface area contributed by atoms with Gasteiger partial charge in [-0.2, -0.15) is 0 Å². The maximum Gasteiger partial charge on any atom is 0.256 e. The Labute approximate surface area is 171 Å². The van der Waals surface area contributed by atoms with Gasteiger partial charge in [0.1, 0.15) is 5.82 Å². The largest absolute Gasteiger partial charge is 0.339 e. The van der Waals surface area contributed by atoms with Gasteiger partial charge in [0.25, 0.3) is 5.91 Å². The van der Waals surface area contributed by atoms with Gasteiger partial charge in [-0.3, -0.25) is 4.79 Å². The number of carbonyl (C=O) groups is 1. The highest BCUT2D eigenvalue weighted by atomic mass is 35.5. The van der Waals surface area contributed by atoms with Crippen LogP contribution in [0.2, 0.25) is 5.02 Å². The number of benzene rings is 2. The Morgan fingerprint density at radius 3 is 2.54 bits per heavy atom. The van der Waals surface area contributed by atoms with Crippen LogP contribution < -0.4 is 0 Å². The van der Waals surface area contributed by atoms with Crippen molar-refractivity contribution < 1.29 is 9.18 Å². The molecular weight excluding hydrogens is 375 g/mol. The molecule has 4 rings (SSSR count). The van der Waals surface area contributed by atoms with Gasteiger partial charge in [0, 0.05) is 31.2 Å². The molecule has 5 heteroatoms. The van der Waals surface area contributed by atoms with E-state index in [1.807, 2.05) is 0 Å². The number of rotatable bonds is 2. The highest BCUT2D eigenvalue weighted by molar-refractivity contribution is 6.30. The predicted octanol–water partition coefficient (Wildman–Crippen LogP) is 4.82. The van der Waals surface area contributed by atoms with E-state index in [-0.39, 0.29) is 16.9 Å². The molecule has 0 unspecified atom stereocenters. The molecule has 2 aliphatic rings. The van der Waals surface area contributed by atoms with Gasteiger partial charge >= 0.3 is 0 Å². The van der Waals surface area contributed by atoms with Crippen molar-refractivity contribution in [1.82, 2.24) is 9.80 Å². The number of amides is 1. The topological polar surface area (TPSA) is 23.6 Å². The van der Waals surface area contributed by atoms with E-state index in [0.29, 0.717) is 24.0 Å². The van der Waals surface area contributed by atoms with Crippen LogP contribution in [-0.2, 0) is 0 Å². The lowest BCUT2D eigenvalue weighted by Gasteiger charge is -2.49. The van der Waals surface area contributed by atoms with Gasteiger partial charge < -0.3 is 9.80 Å². The van der Waals surface area contributed by atoms with Crippen LogP contribution in [0.25, 0.3) is 0 Å². The van der Waals surface area contributed by atoms with E-state index >= 15 is 0 Å². The van der Waals surface area contributed by atoms with Gasteiger partial charge in [-0.25, -0.2) is 4.39 Å². The fourth-order valence-electron chi connectivity index (χ4n) is 4.99. The van der Waals surface area contributed by atoms with Crippen molar-refractivity contribution in [2.45, 2.75) is 25.2 Å². The third-order valence-electron chi connectivity index (χ3n) is 6.36. The molecule has 2 aromatic rings. The van der Waals surface area contributed by atoms with Gasteiger partial charge in [0.05, 0.1) is 5.56 Å². The number of likely N-dealkylation sites (N-methyl/N-ethyl adjacent to an activating group) is 1. The quantitative estimate of drug-likeness (QED) is 0.721. The smallest absolute Gasteiger partial charge is 0.256 e. The SMILES string of the molecule is CN1C[C@H](c2ccccc2)CC2(CCN(C(=O)c3ccc(Cl)cc3F)CC2)C1. The summed E-state index contributed by atoms with van der Waals surface area (Å²) in [6, 6.07) is 15.0. The predicted molar refractivity (Wildman–Crippen MR) is 110 cm³/mol. The molecule has 1 atom stereocenters. The van der Waals surface area contributed by atoms with E-state index in [1.165, 1.54) is 17.7 Å². The lowest BCUT2D eigenvalue weighted by Crippen LogP contribution is -2.51. The summed E-state index contributed by atoms with van der Waals surface area (Å²) in [5, 5.41) is 0.309.